The molecular formula is C18H21ClFN. The number of hydrogen-bond donors (Lipinski definition) is 1. The third kappa shape index (κ3) is 4.83. The highest BCUT2D eigenvalue weighted by atomic mass is 35.5. The van der Waals surface area contributed by atoms with E-state index in [4.69, 9.17) is 11.6 Å². The first-order valence-electron chi connectivity index (χ1n) is 7.28. The van der Waals surface area contributed by atoms with E-state index >= 15 is 0 Å². The summed E-state index contributed by atoms with van der Waals surface area (Å²) in [5.74, 6) is 0.223. The molecule has 1 unspecified atom stereocenters. The fourth-order valence-corrected chi connectivity index (χ4v) is 2.50. The zero-order valence-corrected chi connectivity index (χ0v) is 13.2. The van der Waals surface area contributed by atoms with Gasteiger partial charge in [0.1, 0.15) is 5.82 Å². The smallest absolute Gasteiger partial charge is 0.142 e. The van der Waals surface area contributed by atoms with Gasteiger partial charge in [-0.25, -0.2) is 4.39 Å². The molecule has 0 fully saturated rings. The monoisotopic (exact) mass is 305 g/mol. The molecule has 0 radical (unpaired) electrons. The van der Waals surface area contributed by atoms with E-state index in [1.54, 1.807) is 6.07 Å². The van der Waals surface area contributed by atoms with E-state index in [1.165, 1.54) is 11.6 Å². The maximum atomic E-state index is 13.5. The van der Waals surface area contributed by atoms with Crippen LogP contribution >= 0.6 is 11.6 Å². The second-order valence-corrected chi connectivity index (χ2v) is 6.13. The molecule has 3 heteroatoms. The minimum absolute atomic E-state index is 0.167. The number of hydrogen-bond acceptors (Lipinski definition) is 1. The van der Waals surface area contributed by atoms with Gasteiger partial charge in [0.25, 0.3) is 0 Å². The van der Waals surface area contributed by atoms with Crippen molar-refractivity contribution in [2.45, 2.75) is 32.9 Å². The molecule has 0 aliphatic rings. The molecule has 112 valence electrons. The molecule has 0 saturated carbocycles. The summed E-state index contributed by atoms with van der Waals surface area (Å²) in [6.07, 6.45) is 1.04. The van der Waals surface area contributed by atoms with Gasteiger partial charge in [-0.3, -0.25) is 0 Å². The second-order valence-electron chi connectivity index (χ2n) is 5.72. The van der Waals surface area contributed by atoms with Gasteiger partial charge in [-0.2, -0.15) is 0 Å². The zero-order valence-electron chi connectivity index (χ0n) is 12.4. The van der Waals surface area contributed by atoms with Gasteiger partial charge >= 0.3 is 0 Å². The van der Waals surface area contributed by atoms with Gasteiger partial charge in [0, 0.05) is 12.6 Å². The van der Waals surface area contributed by atoms with Crippen LogP contribution in [0.4, 0.5) is 4.39 Å². The summed E-state index contributed by atoms with van der Waals surface area (Å²) in [4.78, 5) is 0. The standard InChI is InChI=1S/C18H21ClFN/c1-13(2)10-18(15-6-4-3-5-7-15)21-12-14-8-9-16(19)17(20)11-14/h3-9,11,13,18,21H,10,12H2,1-2H3. The molecule has 0 heterocycles. The molecule has 0 spiro atoms. The zero-order chi connectivity index (χ0) is 15.2. The van der Waals surface area contributed by atoms with Crippen molar-refractivity contribution in [2.75, 3.05) is 0 Å². The summed E-state index contributed by atoms with van der Waals surface area (Å²) in [7, 11) is 0. The molecule has 0 aliphatic heterocycles. The Bertz CT molecular complexity index is 569. The second kappa shape index (κ2) is 7.58. The minimum Gasteiger partial charge on any atom is -0.306 e. The maximum Gasteiger partial charge on any atom is 0.142 e. The molecule has 2 aromatic rings. The van der Waals surface area contributed by atoms with Gasteiger partial charge in [-0.1, -0.05) is 61.8 Å². The summed E-state index contributed by atoms with van der Waals surface area (Å²) in [6, 6.07) is 15.6. The van der Waals surface area contributed by atoms with Crippen molar-refractivity contribution in [3.05, 3.63) is 70.5 Å². The molecule has 2 aromatic carbocycles. The predicted octanol–water partition coefficient (Wildman–Crippen LogP) is 5.36. The third-order valence-corrected chi connectivity index (χ3v) is 3.75. The van der Waals surface area contributed by atoms with E-state index < -0.39 is 0 Å². The highest BCUT2D eigenvalue weighted by Crippen LogP contribution is 2.22. The molecule has 0 aromatic heterocycles. The van der Waals surface area contributed by atoms with Crippen molar-refractivity contribution in [3.8, 4) is 0 Å². The molecule has 21 heavy (non-hydrogen) atoms. The summed E-state index contributed by atoms with van der Waals surface area (Å²) in [5, 5.41) is 3.69. The SMILES string of the molecule is CC(C)CC(NCc1ccc(Cl)c(F)c1)c1ccccc1. The number of benzene rings is 2. The van der Waals surface area contributed by atoms with Crippen LogP contribution in [0, 0.1) is 11.7 Å². The Kier molecular flexibility index (Phi) is 5.77. The molecule has 0 aliphatic carbocycles. The lowest BCUT2D eigenvalue weighted by Crippen LogP contribution is -2.22. The third-order valence-electron chi connectivity index (χ3n) is 3.45. The van der Waals surface area contributed by atoms with Crippen LogP contribution in [0.1, 0.15) is 37.4 Å². The lowest BCUT2D eigenvalue weighted by atomic mass is 9.97. The topological polar surface area (TPSA) is 12.0 Å². The molecule has 1 N–H and O–H groups in total. The van der Waals surface area contributed by atoms with Gasteiger partial charge in [-0.05, 0) is 35.6 Å². The minimum atomic E-state index is -0.365. The summed E-state index contributed by atoms with van der Waals surface area (Å²) in [6.45, 7) is 5.04. The molecule has 1 atom stereocenters. The van der Waals surface area contributed by atoms with E-state index in [2.05, 4.69) is 31.3 Å². The number of rotatable bonds is 6. The van der Waals surface area contributed by atoms with Crippen LogP contribution in [0.5, 0.6) is 0 Å². The van der Waals surface area contributed by atoms with Crippen molar-refractivity contribution in [3.63, 3.8) is 0 Å². The largest absolute Gasteiger partial charge is 0.306 e. The van der Waals surface area contributed by atoms with E-state index in [9.17, 15) is 4.39 Å². The van der Waals surface area contributed by atoms with Gasteiger partial charge in [-0.15, -0.1) is 0 Å². The van der Waals surface area contributed by atoms with Crippen molar-refractivity contribution < 1.29 is 4.39 Å². The van der Waals surface area contributed by atoms with Crippen molar-refractivity contribution in [1.82, 2.24) is 5.32 Å². The average molecular weight is 306 g/mol. The van der Waals surface area contributed by atoms with E-state index in [1.807, 2.05) is 24.3 Å². The number of nitrogens with one attached hydrogen (secondary N) is 1. The first kappa shape index (κ1) is 16.0. The molecule has 0 amide bonds. The molecular weight excluding hydrogens is 285 g/mol. The lowest BCUT2D eigenvalue weighted by molar-refractivity contribution is 0.428. The molecule has 0 bridgehead atoms. The number of halogens is 2. The van der Waals surface area contributed by atoms with Gasteiger partial charge in [0.15, 0.2) is 0 Å². The van der Waals surface area contributed by atoms with Crippen LogP contribution in [-0.4, -0.2) is 0 Å². The Morgan fingerprint density at radius 3 is 2.43 bits per heavy atom. The van der Waals surface area contributed by atoms with Crippen LogP contribution < -0.4 is 5.32 Å². The Hall–Kier alpha value is -1.38. The first-order valence-corrected chi connectivity index (χ1v) is 7.66. The van der Waals surface area contributed by atoms with E-state index in [0.717, 1.165) is 12.0 Å². The Morgan fingerprint density at radius 2 is 1.81 bits per heavy atom. The fraction of sp³-hybridized carbons (Fsp3) is 0.333. The molecule has 2 rings (SSSR count). The van der Waals surface area contributed by atoms with E-state index in [-0.39, 0.29) is 16.9 Å². The highest BCUT2D eigenvalue weighted by Gasteiger charge is 2.13. The maximum absolute atomic E-state index is 13.5. The Morgan fingerprint density at radius 1 is 1.10 bits per heavy atom. The van der Waals surface area contributed by atoms with Crippen molar-refractivity contribution in [1.29, 1.82) is 0 Å². The van der Waals surface area contributed by atoms with Gasteiger partial charge in [0.05, 0.1) is 5.02 Å². The van der Waals surface area contributed by atoms with Crippen LogP contribution in [0.3, 0.4) is 0 Å². The average Bonchev–Trinajstić information content (AvgIpc) is 2.47. The Labute approximate surface area is 131 Å². The highest BCUT2D eigenvalue weighted by molar-refractivity contribution is 6.30. The summed E-state index contributed by atoms with van der Waals surface area (Å²) >= 11 is 5.71. The van der Waals surface area contributed by atoms with Crippen LogP contribution in [0.2, 0.25) is 5.02 Å². The van der Waals surface area contributed by atoms with Crippen molar-refractivity contribution in [2.24, 2.45) is 5.92 Å². The molecule has 1 nitrogen and oxygen atoms in total. The van der Waals surface area contributed by atoms with E-state index in [0.29, 0.717) is 12.5 Å². The molecule has 0 saturated heterocycles. The summed E-state index contributed by atoms with van der Waals surface area (Å²) in [5.41, 5.74) is 2.17. The quantitative estimate of drug-likeness (QED) is 0.758. The van der Waals surface area contributed by atoms with Crippen molar-refractivity contribution >= 4 is 11.6 Å². The summed E-state index contributed by atoms with van der Waals surface area (Å²) < 4.78 is 13.5. The normalized spacial score (nSPS) is 12.6. The van der Waals surface area contributed by atoms with Crippen LogP contribution in [-0.2, 0) is 6.54 Å². The van der Waals surface area contributed by atoms with Gasteiger partial charge < -0.3 is 5.32 Å². The van der Waals surface area contributed by atoms with Crippen LogP contribution in [0.15, 0.2) is 48.5 Å². The predicted molar refractivity (Wildman–Crippen MR) is 86.9 cm³/mol. The fourth-order valence-electron chi connectivity index (χ4n) is 2.38. The Balaban J connectivity index is 2.07. The lowest BCUT2D eigenvalue weighted by Gasteiger charge is -2.21. The van der Waals surface area contributed by atoms with Crippen LogP contribution in [0.25, 0.3) is 0 Å². The van der Waals surface area contributed by atoms with Gasteiger partial charge in [0.2, 0.25) is 0 Å². The first-order chi connectivity index (χ1) is 10.1.